The Morgan fingerprint density at radius 3 is 3.06 bits per heavy atom. The number of carbonyl (C=O) groups is 2. The van der Waals surface area contributed by atoms with Gasteiger partial charge in [-0.2, -0.15) is 0 Å². The van der Waals surface area contributed by atoms with Crippen LogP contribution < -0.4 is 11.1 Å². The van der Waals surface area contributed by atoms with Gasteiger partial charge in [0.1, 0.15) is 0 Å². The summed E-state index contributed by atoms with van der Waals surface area (Å²) in [4.78, 5) is 25.3. The first-order valence-corrected chi connectivity index (χ1v) is 6.93. The summed E-state index contributed by atoms with van der Waals surface area (Å²) in [5.41, 5.74) is 5.83. The fourth-order valence-electron chi connectivity index (χ4n) is 2.83. The molecule has 5 nitrogen and oxygen atoms in total. The number of nitrogens with two attached hydrogens (primary N) is 1. The van der Waals surface area contributed by atoms with Crippen LogP contribution in [0.2, 0.25) is 0 Å². The topological polar surface area (TPSA) is 75.4 Å². The molecule has 2 saturated heterocycles. The molecular weight excluding hydrogens is 230 g/mol. The van der Waals surface area contributed by atoms with E-state index in [-0.39, 0.29) is 23.9 Å². The Hall–Kier alpha value is -1.10. The van der Waals surface area contributed by atoms with Gasteiger partial charge < -0.3 is 16.0 Å². The van der Waals surface area contributed by atoms with Crippen LogP contribution in [0.15, 0.2) is 0 Å². The van der Waals surface area contributed by atoms with Crippen molar-refractivity contribution < 1.29 is 9.59 Å². The molecule has 3 atom stereocenters. The number of hydrogen-bond donors (Lipinski definition) is 2. The highest BCUT2D eigenvalue weighted by molar-refractivity contribution is 5.78. The van der Waals surface area contributed by atoms with Crippen LogP contribution in [0.3, 0.4) is 0 Å². The van der Waals surface area contributed by atoms with Gasteiger partial charge in [0.15, 0.2) is 0 Å². The van der Waals surface area contributed by atoms with E-state index in [1.54, 1.807) is 0 Å². The Bertz CT molecular complexity index is 332. The summed E-state index contributed by atoms with van der Waals surface area (Å²) in [5.74, 6) is 0.752. The number of piperidine rings is 2. The second-order valence-electron chi connectivity index (χ2n) is 5.47. The Morgan fingerprint density at radius 2 is 2.33 bits per heavy atom. The van der Waals surface area contributed by atoms with Crippen LogP contribution in [0.4, 0.5) is 0 Å². The standard InChI is InChI=1S/C13H23N3O2/c1-2-10(14)7-13(18)16-6-5-11-9(8-16)3-4-12(17)15-11/h9-11H,2-8,14H2,1H3,(H,15,17). The molecule has 5 heteroatoms. The van der Waals surface area contributed by atoms with Crippen LogP contribution in [0.5, 0.6) is 0 Å². The van der Waals surface area contributed by atoms with E-state index in [1.165, 1.54) is 0 Å². The van der Waals surface area contributed by atoms with Gasteiger partial charge in [-0.05, 0) is 25.2 Å². The van der Waals surface area contributed by atoms with E-state index in [4.69, 9.17) is 5.73 Å². The molecule has 0 spiro atoms. The molecule has 0 aliphatic carbocycles. The van der Waals surface area contributed by atoms with Crippen LogP contribution in [-0.2, 0) is 9.59 Å². The zero-order valence-corrected chi connectivity index (χ0v) is 11.0. The third-order valence-corrected chi connectivity index (χ3v) is 4.14. The Morgan fingerprint density at radius 1 is 1.56 bits per heavy atom. The molecule has 0 aromatic rings. The molecule has 0 aromatic carbocycles. The number of nitrogens with zero attached hydrogens (tertiary/aromatic N) is 1. The largest absolute Gasteiger partial charge is 0.353 e. The second kappa shape index (κ2) is 5.69. The van der Waals surface area contributed by atoms with Crippen LogP contribution in [0, 0.1) is 5.92 Å². The quantitative estimate of drug-likeness (QED) is 0.756. The van der Waals surface area contributed by atoms with Crippen molar-refractivity contribution in [1.82, 2.24) is 10.2 Å². The molecule has 0 bridgehead atoms. The van der Waals surface area contributed by atoms with Gasteiger partial charge in [0.05, 0.1) is 0 Å². The molecule has 102 valence electrons. The first kappa shape index (κ1) is 13.3. The van der Waals surface area contributed by atoms with Crippen molar-refractivity contribution in [3.05, 3.63) is 0 Å². The van der Waals surface area contributed by atoms with E-state index in [1.807, 2.05) is 11.8 Å². The summed E-state index contributed by atoms with van der Waals surface area (Å²) in [6.45, 7) is 3.53. The molecule has 2 fully saturated rings. The lowest BCUT2D eigenvalue weighted by molar-refractivity contribution is -0.135. The van der Waals surface area contributed by atoms with Crippen molar-refractivity contribution in [2.45, 2.75) is 51.1 Å². The molecule has 18 heavy (non-hydrogen) atoms. The van der Waals surface area contributed by atoms with Crippen molar-refractivity contribution >= 4 is 11.8 Å². The average Bonchev–Trinajstić information content (AvgIpc) is 2.37. The van der Waals surface area contributed by atoms with Crippen molar-refractivity contribution in [1.29, 1.82) is 0 Å². The van der Waals surface area contributed by atoms with Crippen molar-refractivity contribution in [2.24, 2.45) is 11.7 Å². The molecule has 2 amide bonds. The predicted molar refractivity (Wildman–Crippen MR) is 68.7 cm³/mol. The minimum atomic E-state index is -0.0266. The van der Waals surface area contributed by atoms with Crippen LogP contribution >= 0.6 is 0 Å². The van der Waals surface area contributed by atoms with E-state index >= 15 is 0 Å². The van der Waals surface area contributed by atoms with Gasteiger partial charge >= 0.3 is 0 Å². The van der Waals surface area contributed by atoms with Gasteiger partial charge in [0.2, 0.25) is 11.8 Å². The summed E-state index contributed by atoms with van der Waals surface area (Å²) in [7, 11) is 0. The highest BCUT2D eigenvalue weighted by atomic mass is 16.2. The van der Waals surface area contributed by atoms with Crippen molar-refractivity contribution in [3.63, 3.8) is 0 Å². The molecule has 2 aliphatic rings. The van der Waals surface area contributed by atoms with Gasteiger partial charge in [0.25, 0.3) is 0 Å². The lowest BCUT2D eigenvalue weighted by Gasteiger charge is -2.41. The number of rotatable bonds is 3. The molecule has 0 radical (unpaired) electrons. The van der Waals surface area contributed by atoms with Crippen LogP contribution in [0.25, 0.3) is 0 Å². The molecule has 3 N–H and O–H groups in total. The number of hydrogen-bond acceptors (Lipinski definition) is 3. The van der Waals surface area contributed by atoms with Gasteiger partial charge in [-0.3, -0.25) is 9.59 Å². The number of amides is 2. The fourth-order valence-corrected chi connectivity index (χ4v) is 2.83. The maximum absolute atomic E-state index is 12.1. The van der Waals surface area contributed by atoms with Gasteiger partial charge in [-0.1, -0.05) is 6.92 Å². The average molecular weight is 253 g/mol. The Labute approximate surface area is 108 Å². The lowest BCUT2D eigenvalue weighted by atomic mass is 9.85. The molecule has 3 unspecified atom stereocenters. The van der Waals surface area contributed by atoms with E-state index in [9.17, 15) is 9.59 Å². The van der Waals surface area contributed by atoms with Crippen LogP contribution in [0.1, 0.15) is 39.0 Å². The molecular formula is C13H23N3O2. The monoisotopic (exact) mass is 253 g/mol. The molecule has 0 saturated carbocycles. The minimum absolute atomic E-state index is 0.0266. The van der Waals surface area contributed by atoms with E-state index in [0.717, 1.165) is 32.4 Å². The van der Waals surface area contributed by atoms with E-state index in [0.29, 0.717) is 18.8 Å². The summed E-state index contributed by atoms with van der Waals surface area (Å²) in [6.07, 6.45) is 3.66. The minimum Gasteiger partial charge on any atom is -0.353 e. The highest BCUT2D eigenvalue weighted by Crippen LogP contribution is 2.25. The first-order chi connectivity index (χ1) is 8.60. The third kappa shape index (κ3) is 3.02. The predicted octanol–water partition coefficient (Wildman–Crippen LogP) is 0.241. The summed E-state index contributed by atoms with van der Waals surface area (Å²) in [5, 5.41) is 3.03. The molecule has 2 heterocycles. The van der Waals surface area contributed by atoms with Crippen molar-refractivity contribution in [2.75, 3.05) is 13.1 Å². The zero-order chi connectivity index (χ0) is 13.1. The zero-order valence-electron chi connectivity index (χ0n) is 11.0. The van der Waals surface area contributed by atoms with Crippen molar-refractivity contribution in [3.8, 4) is 0 Å². The molecule has 2 aliphatic heterocycles. The SMILES string of the molecule is CCC(N)CC(=O)N1CCC2NC(=O)CCC2C1. The highest BCUT2D eigenvalue weighted by Gasteiger charge is 2.35. The normalized spacial score (nSPS) is 29.4. The molecule has 0 aromatic heterocycles. The maximum Gasteiger partial charge on any atom is 0.224 e. The first-order valence-electron chi connectivity index (χ1n) is 6.93. The van der Waals surface area contributed by atoms with E-state index in [2.05, 4.69) is 5.32 Å². The van der Waals surface area contributed by atoms with Gasteiger partial charge in [0, 0.05) is 38.0 Å². The third-order valence-electron chi connectivity index (χ3n) is 4.14. The number of carbonyl (C=O) groups excluding carboxylic acids is 2. The van der Waals surface area contributed by atoms with Gasteiger partial charge in [-0.15, -0.1) is 0 Å². The summed E-state index contributed by atoms with van der Waals surface area (Å²) < 4.78 is 0. The number of likely N-dealkylation sites (tertiary alicyclic amines) is 1. The molecule has 2 rings (SSSR count). The number of nitrogens with one attached hydrogen (secondary N) is 1. The number of fused-ring (bicyclic) bond motifs is 1. The Balaban J connectivity index is 1.87. The lowest BCUT2D eigenvalue weighted by Crippen LogP contribution is -2.55. The maximum atomic E-state index is 12.1. The Kier molecular flexibility index (Phi) is 4.22. The van der Waals surface area contributed by atoms with E-state index < -0.39 is 0 Å². The fraction of sp³-hybridized carbons (Fsp3) is 0.846. The van der Waals surface area contributed by atoms with Gasteiger partial charge in [-0.25, -0.2) is 0 Å². The van der Waals surface area contributed by atoms with Crippen LogP contribution in [-0.4, -0.2) is 41.9 Å². The smallest absolute Gasteiger partial charge is 0.224 e. The second-order valence-corrected chi connectivity index (χ2v) is 5.47. The summed E-state index contributed by atoms with van der Waals surface area (Å²) in [6, 6.07) is 0.247. The summed E-state index contributed by atoms with van der Waals surface area (Å²) >= 11 is 0.